The summed E-state index contributed by atoms with van der Waals surface area (Å²) in [6, 6.07) is 6.06. The van der Waals surface area contributed by atoms with E-state index in [1.807, 2.05) is 11.0 Å². The van der Waals surface area contributed by atoms with Crippen LogP contribution in [-0.2, 0) is 0 Å². The van der Waals surface area contributed by atoms with E-state index in [4.69, 9.17) is 11.6 Å². The fourth-order valence-corrected chi connectivity index (χ4v) is 3.83. The standard InChI is InChI=1S/C15H19BrClN3O.ClH/c16-11-1-2-13(14(17)9-11)15(21)20-7-5-19(6-8-20)12-3-4-18-10-12;/h1-2,9,12,18H,3-8,10H2;1H. The van der Waals surface area contributed by atoms with Crippen molar-refractivity contribution in [1.29, 1.82) is 0 Å². The molecule has 1 aromatic carbocycles. The molecular formula is C15H20BrCl2N3O. The molecule has 1 unspecified atom stereocenters. The van der Waals surface area contributed by atoms with Crippen molar-refractivity contribution in [2.75, 3.05) is 39.3 Å². The van der Waals surface area contributed by atoms with Crippen LogP contribution in [0.5, 0.6) is 0 Å². The minimum Gasteiger partial charge on any atom is -0.336 e. The van der Waals surface area contributed by atoms with E-state index >= 15 is 0 Å². The van der Waals surface area contributed by atoms with Gasteiger partial charge >= 0.3 is 0 Å². The van der Waals surface area contributed by atoms with Crippen LogP contribution < -0.4 is 5.32 Å². The molecule has 0 radical (unpaired) electrons. The zero-order valence-electron chi connectivity index (χ0n) is 12.2. The van der Waals surface area contributed by atoms with Gasteiger partial charge in [0, 0.05) is 43.2 Å². The van der Waals surface area contributed by atoms with Crippen molar-refractivity contribution in [3.8, 4) is 0 Å². The minimum absolute atomic E-state index is 0. The average molecular weight is 409 g/mol. The van der Waals surface area contributed by atoms with Crippen molar-refractivity contribution < 1.29 is 4.79 Å². The predicted octanol–water partition coefficient (Wildman–Crippen LogP) is 2.64. The second kappa shape index (κ2) is 7.97. The summed E-state index contributed by atoms with van der Waals surface area (Å²) in [5, 5.41) is 3.91. The van der Waals surface area contributed by atoms with E-state index in [-0.39, 0.29) is 18.3 Å². The lowest BCUT2D eigenvalue weighted by atomic mass is 10.1. The number of hydrogen-bond donors (Lipinski definition) is 1. The molecule has 1 atom stereocenters. The molecule has 2 aliphatic heterocycles. The molecule has 1 aromatic rings. The number of carbonyl (C=O) groups is 1. The number of nitrogens with one attached hydrogen (secondary N) is 1. The molecule has 2 fully saturated rings. The van der Waals surface area contributed by atoms with Crippen LogP contribution in [0.1, 0.15) is 16.8 Å². The smallest absolute Gasteiger partial charge is 0.255 e. The molecule has 4 nitrogen and oxygen atoms in total. The molecular weight excluding hydrogens is 389 g/mol. The Balaban J connectivity index is 0.00000176. The number of hydrogen-bond acceptors (Lipinski definition) is 3. The number of nitrogens with zero attached hydrogens (tertiary/aromatic N) is 2. The SMILES string of the molecule is Cl.O=C(c1ccc(Br)cc1Cl)N1CCN(C2CCNC2)CC1. The maximum absolute atomic E-state index is 12.6. The molecule has 0 spiro atoms. The molecule has 0 bridgehead atoms. The second-order valence-corrected chi connectivity index (χ2v) is 6.92. The first kappa shape index (κ1) is 18.0. The predicted molar refractivity (Wildman–Crippen MR) is 95.2 cm³/mol. The third-order valence-corrected chi connectivity index (χ3v) is 5.12. The van der Waals surface area contributed by atoms with Gasteiger partial charge in [0.1, 0.15) is 0 Å². The van der Waals surface area contributed by atoms with Crippen LogP contribution in [0.3, 0.4) is 0 Å². The van der Waals surface area contributed by atoms with Crippen LogP contribution in [0.4, 0.5) is 0 Å². The summed E-state index contributed by atoms with van der Waals surface area (Å²) in [6.07, 6.45) is 1.21. The van der Waals surface area contributed by atoms with E-state index in [0.29, 0.717) is 16.6 Å². The summed E-state index contributed by atoms with van der Waals surface area (Å²) >= 11 is 9.54. The van der Waals surface area contributed by atoms with Crippen LogP contribution in [0, 0.1) is 0 Å². The van der Waals surface area contributed by atoms with Gasteiger partial charge in [0.2, 0.25) is 0 Å². The third-order valence-electron chi connectivity index (χ3n) is 4.31. The number of amides is 1. The van der Waals surface area contributed by atoms with Crippen LogP contribution in [-0.4, -0.2) is 61.0 Å². The van der Waals surface area contributed by atoms with Gasteiger partial charge in [0.25, 0.3) is 5.91 Å². The lowest BCUT2D eigenvalue weighted by molar-refractivity contribution is 0.0584. The Hall–Kier alpha value is -0.330. The Morgan fingerprint density at radius 3 is 2.59 bits per heavy atom. The van der Waals surface area contributed by atoms with Gasteiger partial charge in [-0.3, -0.25) is 9.69 Å². The summed E-state index contributed by atoms with van der Waals surface area (Å²) in [5.74, 6) is 0.0386. The van der Waals surface area contributed by atoms with Gasteiger partial charge in [-0.05, 0) is 31.2 Å². The van der Waals surface area contributed by atoms with Crippen LogP contribution in [0.25, 0.3) is 0 Å². The van der Waals surface area contributed by atoms with Crippen molar-refractivity contribution in [1.82, 2.24) is 15.1 Å². The number of piperazine rings is 1. The number of halogens is 3. The van der Waals surface area contributed by atoms with Gasteiger partial charge in [-0.25, -0.2) is 0 Å². The molecule has 3 rings (SSSR count). The number of rotatable bonds is 2. The van der Waals surface area contributed by atoms with Gasteiger partial charge in [-0.2, -0.15) is 0 Å². The summed E-state index contributed by atoms with van der Waals surface area (Å²) in [6.45, 7) is 5.65. The summed E-state index contributed by atoms with van der Waals surface area (Å²) in [5.41, 5.74) is 0.593. The zero-order valence-corrected chi connectivity index (χ0v) is 15.4. The van der Waals surface area contributed by atoms with Crippen molar-refractivity contribution in [2.24, 2.45) is 0 Å². The van der Waals surface area contributed by atoms with E-state index < -0.39 is 0 Å². The Morgan fingerprint density at radius 1 is 1.27 bits per heavy atom. The first-order chi connectivity index (χ1) is 10.1. The van der Waals surface area contributed by atoms with Crippen LogP contribution in [0.15, 0.2) is 22.7 Å². The van der Waals surface area contributed by atoms with Gasteiger partial charge < -0.3 is 10.2 Å². The molecule has 2 heterocycles. The zero-order chi connectivity index (χ0) is 14.8. The molecule has 22 heavy (non-hydrogen) atoms. The molecule has 122 valence electrons. The first-order valence-corrected chi connectivity index (χ1v) is 8.51. The van der Waals surface area contributed by atoms with Gasteiger partial charge in [0.15, 0.2) is 0 Å². The van der Waals surface area contributed by atoms with Crippen molar-refractivity contribution in [3.63, 3.8) is 0 Å². The van der Waals surface area contributed by atoms with Crippen LogP contribution in [0.2, 0.25) is 5.02 Å². The van der Waals surface area contributed by atoms with E-state index in [1.165, 1.54) is 6.42 Å². The summed E-state index contributed by atoms with van der Waals surface area (Å²) < 4.78 is 0.891. The number of carbonyl (C=O) groups excluding carboxylic acids is 1. The third kappa shape index (κ3) is 3.95. The van der Waals surface area contributed by atoms with Gasteiger partial charge in [-0.1, -0.05) is 27.5 Å². The monoisotopic (exact) mass is 407 g/mol. The first-order valence-electron chi connectivity index (χ1n) is 7.34. The molecule has 0 aromatic heterocycles. The van der Waals surface area contributed by atoms with Crippen LogP contribution >= 0.6 is 39.9 Å². The molecule has 2 aliphatic rings. The highest BCUT2D eigenvalue weighted by atomic mass is 79.9. The largest absolute Gasteiger partial charge is 0.336 e. The Labute approximate surface area is 150 Å². The molecule has 1 N–H and O–H groups in total. The van der Waals surface area contributed by atoms with Gasteiger partial charge in [0.05, 0.1) is 10.6 Å². The maximum atomic E-state index is 12.6. The molecule has 1 amide bonds. The lowest BCUT2D eigenvalue weighted by Gasteiger charge is -2.37. The van der Waals surface area contributed by atoms with E-state index in [2.05, 4.69) is 26.1 Å². The number of benzene rings is 1. The maximum Gasteiger partial charge on any atom is 0.255 e. The highest BCUT2D eigenvalue weighted by molar-refractivity contribution is 9.10. The second-order valence-electron chi connectivity index (χ2n) is 5.60. The van der Waals surface area contributed by atoms with Crippen molar-refractivity contribution in [3.05, 3.63) is 33.3 Å². The van der Waals surface area contributed by atoms with Crippen molar-refractivity contribution >= 4 is 45.8 Å². The Bertz CT molecular complexity index is 530. The van der Waals surface area contributed by atoms with E-state index in [0.717, 1.165) is 43.7 Å². The minimum atomic E-state index is 0. The highest BCUT2D eigenvalue weighted by Gasteiger charge is 2.28. The fraction of sp³-hybridized carbons (Fsp3) is 0.533. The fourth-order valence-electron chi connectivity index (χ4n) is 3.07. The lowest BCUT2D eigenvalue weighted by Crippen LogP contribution is -2.52. The van der Waals surface area contributed by atoms with E-state index in [9.17, 15) is 4.79 Å². The average Bonchev–Trinajstić information content (AvgIpc) is 3.01. The van der Waals surface area contributed by atoms with E-state index in [1.54, 1.807) is 12.1 Å². The summed E-state index contributed by atoms with van der Waals surface area (Å²) in [4.78, 5) is 17.0. The summed E-state index contributed by atoms with van der Waals surface area (Å²) in [7, 11) is 0. The molecule has 2 saturated heterocycles. The Kier molecular flexibility index (Phi) is 6.53. The molecule has 7 heteroatoms. The normalized spacial score (nSPS) is 22.5. The topological polar surface area (TPSA) is 35.6 Å². The van der Waals surface area contributed by atoms with Crippen molar-refractivity contribution in [2.45, 2.75) is 12.5 Å². The highest BCUT2D eigenvalue weighted by Crippen LogP contribution is 2.23. The Morgan fingerprint density at radius 2 is 2.00 bits per heavy atom. The van der Waals surface area contributed by atoms with Gasteiger partial charge in [-0.15, -0.1) is 12.4 Å². The molecule has 0 aliphatic carbocycles. The molecule has 0 saturated carbocycles. The quantitative estimate of drug-likeness (QED) is 0.816.